The van der Waals surface area contributed by atoms with Crippen molar-refractivity contribution < 1.29 is 30.0 Å². The number of aliphatic hydroxyl groups is 2. The minimum Gasteiger partial charge on any atom is -0.481 e. The molecule has 0 aromatic heterocycles. The minimum atomic E-state index is -0.870. The molecule has 0 saturated heterocycles. The van der Waals surface area contributed by atoms with E-state index in [9.17, 15) is 9.59 Å². The van der Waals surface area contributed by atoms with Crippen LogP contribution in [-0.2, 0) is 9.59 Å². The highest BCUT2D eigenvalue weighted by Gasteiger charge is 2.15. The zero-order valence-corrected chi connectivity index (χ0v) is 11.9. The van der Waals surface area contributed by atoms with E-state index in [1.807, 2.05) is 20.8 Å². The maximum Gasteiger partial charge on any atom is 0.303 e. The molecule has 0 saturated carbocycles. The van der Waals surface area contributed by atoms with Gasteiger partial charge in [0.05, 0.1) is 12.7 Å². The Morgan fingerprint density at radius 2 is 1.37 bits per heavy atom. The number of carboxylic acids is 2. The summed E-state index contributed by atoms with van der Waals surface area (Å²) in [5, 5.41) is 33.7. The predicted octanol–water partition coefficient (Wildman–Crippen LogP) is 1.49. The summed E-state index contributed by atoms with van der Waals surface area (Å²) in [7, 11) is 0. The van der Waals surface area contributed by atoms with Crippen LogP contribution in [0.5, 0.6) is 0 Å². The number of rotatable bonds is 7. The van der Waals surface area contributed by atoms with Crippen molar-refractivity contribution in [2.75, 3.05) is 6.61 Å². The van der Waals surface area contributed by atoms with Gasteiger partial charge < -0.3 is 20.4 Å². The highest BCUT2D eigenvalue weighted by molar-refractivity contribution is 5.67. The quantitative estimate of drug-likeness (QED) is 0.524. The molecular weight excluding hydrogens is 252 g/mol. The second-order valence-corrected chi connectivity index (χ2v) is 5.60. The summed E-state index contributed by atoms with van der Waals surface area (Å²) < 4.78 is 0. The number of hydrogen-bond acceptors (Lipinski definition) is 4. The minimum absolute atomic E-state index is 0.0628. The third-order valence-electron chi connectivity index (χ3n) is 2.09. The Morgan fingerprint density at radius 1 is 1.00 bits per heavy atom. The lowest BCUT2D eigenvalue weighted by Crippen LogP contribution is -2.20. The Labute approximate surface area is 114 Å². The average Bonchev–Trinajstić information content (AvgIpc) is 2.22. The molecule has 0 heterocycles. The van der Waals surface area contributed by atoms with Crippen LogP contribution in [0.4, 0.5) is 0 Å². The van der Waals surface area contributed by atoms with Gasteiger partial charge in [-0.3, -0.25) is 9.59 Å². The molecule has 1 unspecified atom stereocenters. The maximum absolute atomic E-state index is 9.90. The van der Waals surface area contributed by atoms with Crippen molar-refractivity contribution in [1.82, 2.24) is 0 Å². The predicted molar refractivity (Wildman–Crippen MR) is 70.9 cm³/mol. The Balaban J connectivity index is 0. The van der Waals surface area contributed by atoms with Gasteiger partial charge in [0.1, 0.15) is 0 Å². The highest BCUT2D eigenvalue weighted by atomic mass is 16.4. The van der Waals surface area contributed by atoms with Gasteiger partial charge in [0.25, 0.3) is 0 Å². The molecule has 0 aromatic rings. The SMILES string of the molecule is CC(C)(C)CC(O)CO.O=C(O)CCCCC(=O)O. The molecule has 0 aromatic carbocycles. The first-order chi connectivity index (χ1) is 8.58. The number of unbranched alkanes of at least 4 members (excludes halogenated alkanes) is 1. The zero-order chi connectivity index (χ0) is 15.5. The van der Waals surface area contributed by atoms with Crippen LogP contribution in [-0.4, -0.2) is 45.1 Å². The van der Waals surface area contributed by atoms with Crippen LogP contribution in [0.1, 0.15) is 52.9 Å². The second kappa shape index (κ2) is 10.8. The van der Waals surface area contributed by atoms with Crippen molar-refractivity contribution in [1.29, 1.82) is 0 Å². The van der Waals surface area contributed by atoms with Gasteiger partial charge in [0.15, 0.2) is 0 Å². The second-order valence-electron chi connectivity index (χ2n) is 5.60. The molecule has 0 radical (unpaired) electrons. The largest absolute Gasteiger partial charge is 0.481 e. The molecule has 0 spiro atoms. The van der Waals surface area contributed by atoms with Gasteiger partial charge in [0.2, 0.25) is 0 Å². The van der Waals surface area contributed by atoms with E-state index in [1.54, 1.807) is 0 Å². The molecule has 0 aliphatic carbocycles. The van der Waals surface area contributed by atoms with Crippen LogP contribution >= 0.6 is 0 Å². The first-order valence-electron chi connectivity index (χ1n) is 6.31. The van der Waals surface area contributed by atoms with E-state index in [2.05, 4.69) is 0 Å². The number of aliphatic carboxylic acids is 2. The van der Waals surface area contributed by atoms with Crippen LogP contribution < -0.4 is 0 Å². The molecule has 0 aliphatic heterocycles. The molecule has 0 fully saturated rings. The third-order valence-corrected chi connectivity index (χ3v) is 2.09. The number of carboxylic acid groups (broad SMARTS) is 2. The number of carbonyl (C=O) groups is 2. The molecular formula is C13H26O6. The Bertz CT molecular complexity index is 240. The van der Waals surface area contributed by atoms with Gasteiger partial charge in [-0.1, -0.05) is 20.8 Å². The zero-order valence-electron chi connectivity index (χ0n) is 11.9. The monoisotopic (exact) mass is 278 g/mol. The van der Waals surface area contributed by atoms with Crippen LogP contribution in [0.15, 0.2) is 0 Å². The van der Waals surface area contributed by atoms with Gasteiger partial charge in [0, 0.05) is 12.8 Å². The highest BCUT2D eigenvalue weighted by Crippen LogP contribution is 2.20. The Kier molecular flexibility index (Phi) is 11.4. The normalized spacial score (nSPS) is 12.3. The van der Waals surface area contributed by atoms with E-state index < -0.39 is 18.0 Å². The molecule has 1 atom stereocenters. The molecule has 114 valence electrons. The van der Waals surface area contributed by atoms with E-state index in [0.29, 0.717) is 19.3 Å². The number of hydrogen-bond donors (Lipinski definition) is 4. The van der Waals surface area contributed by atoms with Gasteiger partial charge in [-0.15, -0.1) is 0 Å². The molecule has 0 amide bonds. The summed E-state index contributed by atoms with van der Waals surface area (Å²) in [6.07, 6.45) is 1.12. The third kappa shape index (κ3) is 22.5. The summed E-state index contributed by atoms with van der Waals surface area (Å²) >= 11 is 0. The number of aliphatic hydroxyl groups excluding tert-OH is 2. The molecule has 0 rings (SSSR count). The fourth-order valence-electron chi connectivity index (χ4n) is 1.32. The summed E-state index contributed by atoms with van der Waals surface area (Å²) in [6, 6.07) is 0. The van der Waals surface area contributed by atoms with Crippen molar-refractivity contribution in [2.24, 2.45) is 5.41 Å². The summed E-state index contributed by atoms with van der Waals surface area (Å²) in [5.41, 5.74) is 0.113. The topological polar surface area (TPSA) is 115 Å². The summed E-state index contributed by atoms with van der Waals surface area (Å²) in [4.78, 5) is 19.8. The smallest absolute Gasteiger partial charge is 0.303 e. The van der Waals surface area contributed by atoms with Crippen LogP contribution in [0.3, 0.4) is 0 Å². The summed E-state index contributed by atoms with van der Waals surface area (Å²) in [5.74, 6) is -1.74. The molecule has 19 heavy (non-hydrogen) atoms. The van der Waals surface area contributed by atoms with E-state index in [-0.39, 0.29) is 24.9 Å². The van der Waals surface area contributed by atoms with Crippen molar-refractivity contribution in [3.8, 4) is 0 Å². The lowest BCUT2D eigenvalue weighted by Gasteiger charge is -2.20. The van der Waals surface area contributed by atoms with Crippen molar-refractivity contribution in [3.63, 3.8) is 0 Å². The molecule has 0 aliphatic rings. The fourth-order valence-corrected chi connectivity index (χ4v) is 1.32. The lowest BCUT2D eigenvalue weighted by atomic mass is 9.89. The van der Waals surface area contributed by atoms with Crippen molar-refractivity contribution >= 4 is 11.9 Å². The van der Waals surface area contributed by atoms with Crippen LogP contribution in [0.25, 0.3) is 0 Å². The average molecular weight is 278 g/mol. The van der Waals surface area contributed by atoms with E-state index in [4.69, 9.17) is 20.4 Å². The first kappa shape index (κ1) is 20.2. The molecule has 4 N–H and O–H groups in total. The van der Waals surface area contributed by atoms with Gasteiger partial charge in [-0.2, -0.15) is 0 Å². The maximum atomic E-state index is 9.90. The first-order valence-corrected chi connectivity index (χ1v) is 6.31. The van der Waals surface area contributed by atoms with Gasteiger partial charge >= 0.3 is 11.9 Å². The van der Waals surface area contributed by atoms with E-state index in [0.717, 1.165) is 0 Å². The van der Waals surface area contributed by atoms with E-state index in [1.165, 1.54) is 0 Å². The van der Waals surface area contributed by atoms with Crippen LogP contribution in [0, 0.1) is 5.41 Å². The standard InChI is InChI=1S/C7H16O2.C6H10O4/c1-7(2,3)4-6(9)5-8;7-5(8)3-1-2-4-6(9)10/h6,8-9H,4-5H2,1-3H3;1-4H2,(H,7,8)(H,9,10). The fraction of sp³-hybridized carbons (Fsp3) is 0.846. The van der Waals surface area contributed by atoms with Crippen molar-refractivity contribution in [3.05, 3.63) is 0 Å². The Hall–Kier alpha value is -1.14. The molecule has 0 bridgehead atoms. The Morgan fingerprint density at radius 3 is 1.53 bits per heavy atom. The van der Waals surface area contributed by atoms with Gasteiger partial charge in [-0.05, 0) is 24.7 Å². The van der Waals surface area contributed by atoms with E-state index >= 15 is 0 Å². The lowest BCUT2D eigenvalue weighted by molar-refractivity contribution is -0.139. The molecule has 6 heteroatoms. The van der Waals surface area contributed by atoms with Gasteiger partial charge in [-0.25, -0.2) is 0 Å². The molecule has 6 nitrogen and oxygen atoms in total. The summed E-state index contributed by atoms with van der Waals surface area (Å²) in [6.45, 7) is 5.97. The van der Waals surface area contributed by atoms with Crippen molar-refractivity contribution in [2.45, 2.75) is 59.0 Å². The van der Waals surface area contributed by atoms with Crippen LogP contribution in [0.2, 0.25) is 0 Å².